The van der Waals surface area contributed by atoms with E-state index in [4.69, 9.17) is 14.2 Å². The molecule has 0 aliphatic carbocycles. The van der Waals surface area contributed by atoms with Gasteiger partial charge in [0.25, 0.3) is 0 Å². The molecule has 1 N–H and O–H groups in total. The quantitative estimate of drug-likeness (QED) is 0.368. The van der Waals surface area contributed by atoms with Gasteiger partial charge >= 0.3 is 0 Å². The van der Waals surface area contributed by atoms with E-state index in [1.54, 1.807) is 18.2 Å². The topological polar surface area (TPSA) is 56.8 Å². The molecule has 5 rings (SSSR count). The Labute approximate surface area is 213 Å². The largest absolute Gasteiger partial charge is 0.493 e. The van der Waals surface area contributed by atoms with Gasteiger partial charge in [-0.1, -0.05) is 12.1 Å². The van der Waals surface area contributed by atoms with E-state index in [2.05, 4.69) is 5.32 Å². The average molecular weight is 512 g/mol. The number of ether oxygens (including phenoxy) is 3. The molecule has 0 amide bonds. The van der Waals surface area contributed by atoms with Gasteiger partial charge in [0, 0.05) is 30.5 Å². The van der Waals surface area contributed by atoms with Crippen LogP contribution in [0.3, 0.4) is 0 Å². The number of rotatable bonds is 9. The van der Waals surface area contributed by atoms with Crippen LogP contribution in [0.4, 0.5) is 13.2 Å². The summed E-state index contributed by atoms with van der Waals surface area (Å²) in [6.45, 7) is 2.16. The normalized spacial score (nSPS) is 18.6. The van der Waals surface area contributed by atoms with Gasteiger partial charge in [0.05, 0.1) is 12.2 Å². The minimum atomic E-state index is -0.638. The Kier molecular flexibility index (Phi) is 7.65. The summed E-state index contributed by atoms with van der Waals surface area (Å²) in [6, 6.07) is 13.8. The Balaban J connectivity index is 1.24. The molecule has 2 atom stereocenters. The number of piperidine rings is 1. The summed E-state index contributed by atoms with van der Waals surface area (Å²) in [5, 5.41) is 3.39. The lowest BCUT2D eigenvalue weighted by atomic mass is 9.80. The van der Waals surface area contributed by atoms with E-state index in [-0.39, 0.29) is 54.8 Å². The molecule has 2 aliphatic rings. The van der Waals surface area contributed by atoms with Crippen molar-refractivity contribution in [2.75, 3.05) is 26.5 Å². The number of hydrogen-bond acceptors (Lipinski definition) is 5. The molecule has 2 heterocycles. The van der Waals surface area contributed by atoms with Crippen LogP contribution in [-0.4, -0.2) is 32.3 Å². The smallest absolute Gasteiger partial charge is 0.231 e. The Morgan fingerprint density at radius 3 is 2.62 bits per heavy atom. The minimum Gasteiger partial charge on any atom is -0.493 e. The van der Waals surface area contributed by atoms with Crippen LogP contribution in [0.5, 0.6) is 17.2 Å². The third-order valence-electron chi connectivity index (χ3n) is 7.03. The molecular weight excluding hydrogens is 483 g/mol. The van der Waals surface area contributed by atoms with Crippen molar-refractivity contribution in [3.05, 3.63) is 88.7 Å². The van der Waals surface area contributed by atoms with Crippen molar-refractivity contribution in [3.8, 4) is 17.2 Å². The maximum absolute atomic E-state index is 14.6. The van der Waals surface area contributed by atoms with Crippen LogP contribution in [0.2, 0.25) is 0 Å². The first-order chi connectivity index (χ1) is 18.0. The summed E-state index contributed by atoms with van der Waals surface area (Å²) in [7, 11) is 0. The van der Waals surface area contributed by atoms with Crippen molar-refractivity contribution in [3.63, 3.8) is 0 Å². The van der Waals surface area contributed by atoms with E-state index in [1.165, 1.54) is 24.3 Å². The minimum absolute atomic E-state index is 0.00295. The third-order valence-corrected chi connectivity index (χ3v) is 7.03. The number of benzene rings is 3. The lowest BCUT2D eigenvalue weighted by Gasteiger charge is -2.32. The SMILES string of the molecule is O=C(CCCc1c(F)cccc1F)c1cc([C@@H]2CCNC[C@H]2COc2ccc3c(c2)OCO3)ccc1F. The third kappa shape index (κ3) is 5.74. The first-order valence-electron chi connectivity index (χ1n) is 12.5. The van der Waals surface area contributed by atoms with Crippen LogP contribution in [0.1, 0.15) is 46.7 Å². The van der Waals surface area contributed by atoms with Crippen molar-refractivity contribution >= 4 is 5.78 Å². The number of carbonyl (C=O) groups is 1. The van der Waals surface area contributed by atoms with Gasteiger partial charge in [0.1, 0.15) is 23.2 Å². The predicted octanol–water partition coefficient (Wildman–Crippen LogP) is 5.81. The Bertz CT molecular complexity index is 1260. The molecule has 0 aromatic heterocycles. The van der Waals surface area contributed by atoms with Crippen LogP contribution < -0.4 is 19.5 Å². The Hall–Kier alpha value is -3.52. The van der Waals surface area contributed by atoms with Gasteiger partial charge in [0.2, 0.25) is 6.79 Å². The molecule has 194 valence electrons. The summed E-state index contributed by atoms with van der Waals surface area (Å²) >= 11 is 0. The molecule has 2 aliphatic heterocycles. The van der Waals surface area contributed by atoms with Gasteiger partial charge in [-0.3, -0.25) is 4.79 Å². The lowest BCUT2D eigenvalue weighted by molar-refractivity contribution is 0.0975. The fraction of sp³-hybridized carbons (Fsp3) is 0.345. The molecule has 3 aromatic rings. The van der Waals surface area contributed by atoms with Gasteiger partial charge in [-0.15, -0.1) is 0 Å². The molecule has 0 radical (unpaired) electrons. The van der Waals surface area contributed by atoms with E-state index in [0.29, 0.717) is 23.9 Å². The second-order valence-corrected chi connectivity index (χ2v) is 9.40. The van der Waals surface area contributed by atoms with E-state index in [1.807, 2.05) is 12.1 Å². The molecule has 37 heavy (non-hydrogen) atoms. The van der Waals surface area contributed by atoms with E-state index in [9.17, 15) is 18.0 Å². The van der Waals surface area contributed by atoms with Crippen molar-refractivity contribution in [2.24, 2.45) is 5.92 Å². The first kappa shape index (κ1) is 25.1. The van der Waals surface area contributed by atoms with Crippen molar-refractivity contribution in [2.45, 2.75) is 31.6 Å². The molecule has 0 saturated carbocycles. The van der Waals surface area contributed by atoms with Gasteiger partial charge in [-0.05, 0) is 73.7 Å². The summed E-state index contributed by atoms with van der Waals surface area (Å²) in [5.41, 5.74) is 0.843. The average Bonchev–Trinajstić information content (AvgIpc) is 3.38. The van der Waals surface area contributed by atoms with Crippen molar-refractivity contribution in [1.29, 1.82) is 0 Å². The number of hydrogen-bond donors (Lipinski definition) is 1. The number of halogens is 3. The second-order valence-electron chi connectivity index (χ2n) is 9.40. The molecule has 3 aromatic carbocycles. The lowest BCUT2D eigenvalue weighted by Crippen LogP contribution is -2.38. The molecular formula is C29H28F3NO4. The van der Waals surface area contributed by atoms with Crippen molar-refractivity contribution in [1.82, 2.24) is 5.32 Å². The van der Waals surface area contributed by atoms with Gasteiger partial charge < -0.3 is 19.5 Å². The Morgan fingerprint density at radius 2 is 1.78 bits per heavy atom. The number of Topliss-reactive ketones (excluding diaryl/α,β-unsaturated/α-hetero) is 1. The standard InChI is InChI=1S/C29H28F3NO4/c30-24-4-2-5-25(31)22(24)3-1-6-27(34)23-13-18(7-9-26(23)32)21-11-12-33-15-19(21)16-35-20-8-10-28-29(14-20)37-17-36-28/h2,4-5,7-10,13-14,19,21,33H,1,3,6,11-12,15-17H2/t19-,21-/m0/s1. The summed E-state index contributed by atoms with van der Waals surface area (Å²) < 4.78 is 59.2. The van der Waals surface area contributed by atoms with Crippen LogP contribution in [-0.2, 0) is 6.42 Å². The number of ketones is 1. The van der Waals surface area contributed by atoms with Gasteiger partial charge in [-0.2, -0.15) is 0 Å². The van der Waals surface area contributed by atoms with Crippen LogP contribution in [0.15, 0.2) is 54.6 Å². The molecule has 0 spiro atoms. The maximum Gasteiger partial charge on any atom is 0.231 e. The summed E-state index contributed by atoms with van der Waals surface area (Å²) in [6.07, 6.45) is 1.11. The molecule has 1 saturated heterocycles. The zero-order valence-corrected chi connectivity index (χ0v) is 20.3. The summed E-state index contributed by atoms with van der Waals surface area (Å²) in [4.78, 5) is 12.9. The van der Waals surface area contributed by atoms with E-state index in [0.717, 1.165) is 25.1 Å². The van der Waals surface area contributed by atoms with Crippen LogP contribution in [0.25, 0.3) is 0 Å². The second kappa shape index (κ2) is 11.3. The van der Waals surface area contributed by atoms with Crippen LogP contribution in [0, 0.1) is 23.4 Å². The number of nitrogens with one attached hydrogen (secondary N) is 1. The highest BCUT2D eigenvalue weighted by Gasteiger charge is 2.28. The number of fused-ring (bicyclic) bond motifs is 1. The zero-order chi connectivity index (χ0) is 25.8. The highest BCUT2D eigenvalue weighted by molar-refractivity contribution is 5.96. The molecule has 0 unspecified atom stereocenters. The zero-order valence-electron chi connectivity index (χ0n) is 20.3. The van der Waals surface area contributed by atoms with Crippen LogP contribution >= 0.6 is 0 Å². The Morgan fingerprint density at radius 1 is 0.973 bits per heavy atom. The number of carbonyl (C=O) groups excluding carboxylic acids is 1. The summed E-state index contributed by atoms with van der Waals surface area (Å²) in [5.74, 6) is -0.0454. The monoisotopic (exact) mass is 511 g/mol. The highest BCUT2D eigenvalue weighted by Crippen LogP contribution is 2.36. The molecule has 8 heteroatoms. The first-order valence-corrected chi connectivity index (χ1v) is 12.5. The van der Waals surface area contributed by atoms with Crippen molar-refractivity contribution < 1.29 is 32.2 Å². The molecule has 5 nitrogen and oxygen atoms in total. The molecule has 0 bridgehead atoms. The van der Waals surface area contributed by atoms with E-state index < -0.39 is 17.5 Å². The fourth-order valence-corrected chi connectivity index (χ4v) is 5.03. The maximum atomic E-state index is 14.6. The highest BCUT2D eigenvalue weighted by atomic mass is 19.1. The van der Waals surface area contributed by atoms with Gasteiger partial charge in [-0.25, -0.2) is 13.2 Å². The predicted molar refractivity (Wildman–Crippen MR) is 132 cm³/mol. The van der Waals surface area contributed by atoms with Gasteiger partial charge in [0.15, 0.2) is 17.3 Å². The van der Waals surface area contributed by atoms with E-state index >= 15 is 0 Å². The molecule has 1 fully saturated rings. The fourth-order valence-electron chi connectivity index (χ4n) is 5.03.